The summed E-state index contributed by atoms with van der Waals surface area (Å²) in [6, 6.07) is 5.59. The molecule has 0 aliphatic rings. The molecule has 0 radical (unpaired) electrons. The summed E-state index contributed by atoms with van der Waals surface area (Å²) in [7, 11) is 1.33. The van der Waals surface area contributed by atoms with Crippen molar-refractivity contribution in [1.29, 1.82) is 0 Å². The van der Waals surface area contributed by atoms with Gasteiger partial charge in [0.1, 0.15) is 5.52 Å². The fourth-order valence-electron chi connectivity index (χ4n) is 1.44. The predicted molar refractivity (Wildman–Crippen MR) is 58.0 cm³/mol. The Morgan fingerprint density at radius 2 is 2.38 bits per heavy atom. The van der Waals surface area contributed by atoms with E-state index >= 15 is 0 Å². The minimum Gasteiger partial charge on any atom is -0.453 e. The first-order chi connectivity index (χ1) is 7.69. The molecule has 1 amide bonds. The molecule has 16 heavy (non-hydrogen) atoms. The highest BCUT2D eigenvalue weighted by Crippen LogP contribution is 2.16. The molecule has 0 atom stereocenters. The van der Waals surface area contributed by atoms with Crippen molar-refractivity contribution in [1.82, 2.24) is 10.3 Å². The minimum atomic E-state index is -0.448. The highest BCUT2D eigenvalue weighted by Gasteiger charge is 2.04. The van der Waals surface area contributed by atoms with Gasteiger partial charge in [0.25, 0.3) is 0 Å². The van der Waals surface area contributed by atoms with Crippen LogP contribution >= 0.6 is 0 Å². The van der Waals surface area contributed by atoms with Crippen molar-refractivity contribution in [2.45, 2.75) is 13.5 Å². The third-order valence-corrected chi connectivity index (χ3v) is 2.18. The second-order valence-electron chi connectivity index (χ2n) is 3.38. The van der Waals surface area contributed by atoms with Crippen LogP contribution in [-0.2, 0) is 11.3 Å². The van der Waals surface area contributed by atoms with Crippen LogP contribution < -0.4 is 5.32 Å². The van der Waals surface area contributed by atoms with Gasteiger partial charge in [-0.15, -0.1) is 0 Å². The van der Waals surface area contributed by atoms with Gasteiger partial charge in [-0.05, 0) is 17.7 Å². The maximum atomic E-state index is 10.9. The van der Waals surface area contributed by atoms with Crippen molar-refractivity contribution >= 4 is 17.2 Å². The number of carbonyl (C=O) groups is 1. The van der Waals surface area contributed by atoms with E-state index in [1.54, 1.807) is 6.92 Å². The lowest BCUT2D eigenvalue weighted by Gasteiger charge is -2.02. The summed E-state index contributed by atoms with van der Waals surface area (Å²) < 4.78 is 9.83. The van der Waals surface area contributed by atoms with Gasteiger partial charge in [0, 0.05) is 13.5 Å². The zero-order chi connectivity index (χ0) is 11.5. The smallest absolute Gasteiger partial charge is 0.407 e. The number of aromatic nitrogens is 1. The van der Waals surface area contributed by atoms with Gasteiger partial charge < -0.3 is 14.5 Å². The van der Waals surface area contributed by atoms with Crippen molar-refractivity contribution in [3.63, 3.8) is 0 Å². The molecule has 0 spiro atoms. The second kappa shape index (κ2) is 4.22. The molecular weight excluding hydrogens is 208 g/mol. The number of rotatable bonds is 2. The molecule has 0 saturated heterocycles. The number of hydrogen-bond acceptors (Lipinski definition) is 4. The summed E-state index contributed by atoms with van der Waals surface area (Å²) in [5.74, 6) is 0.632. The summed E-state index contributed by atoms with van der Waals surface area (Å²) in [6.45, 7) is 2.21. The first-order valence-corrected chi connectivity index (χ1v) is 4.87. The topological polar surface area (TPSA) is 64.4 Å². The largest absolute Gasteiger partial charge is 0.453 e. The molecule has 2 rings (SSSR count). The standard InChI is InChI=1S/C11H12N2O3/c1-7-13-9-5-8(3-4-10(9)16-7)6-12-11(14)15-2/h3-5H,6H2,1-2H3,(H,12,14). The number of nitrogens with one attached hydrogen (secondary N) is 1. The van der Waals surface area contributed by atoms with E-state index < -0.39 is 6.09 Å². The number of carbonyl (C=O) groups excluding carboxylic acids is 1. The van der Waals surface area contributed by atoms with Crippen LogP contribution in [0.15, 0.2) is 22.6 Å². The van der Waals surface area contributed by atoms with Gasteiger partial charge in [-0.2, -0.15) is 0 Å². The van der Waals surface area contributed by atoms with Crippen LogP contribution in [0, 0.1) is 6.92 Å². The van der Waals surface area contributed by atoms with E-state index in [4.69, 9.17) is 4.42 Å². The molecule has 1 aromatic heterocycles. The summed E-state index contributed by atoms with van der Waals surface area (Å²) in [4.78, 5) is 15.1. The Kier molecular flexibility index (Phi) is 2.76. The fraction of sp³-hybridized carbons (Fsp3) is 0.273. The lowest BCUT2D eigenvalue weighted by Crippen LogP contribution is -2.22. The number of nitrogens with zero attached hydrogens (tertiary/aromatic N) is 1. The van der Waals surface area contributed by atoms with E-state index in [1.165, 1.54) is 7.11 Å². The number of methoxy groups -OCH3 is 1. The van der Waals surface area contributed by atoms with E-state index in [-0.39, 0.29) is 0 Å². The Morgan fingerprint density at radius 1 is 1.56 bits per heavy atom. The SMILES string of the molecule is COC(=O)NCc1ccc2oc(C)nc2c1. The van der Waals surface area contributed by atoms with Crippen LogP contribution in [0.25, 0.3) is 11.1 Å². The fourth-order valence-corrected chi connectivity index (χ4v) is 1.44. The van der Waals surface area contributed by atoms with Gasteiger partial charge in [-0.1, -0.05) is 6.07 Å². The highest BCUT2D eigenvalue weighted by molar-refractivity contribution is 5.73. The lowest BCUT2D eigenvalue weighted by molar-refractivity contribution is 0.170. The number of oxazole rings is 1. The molecule has 1 N–H and O–H groups in total. The van der Waals surface area contributed by atoms with Gasteiger partial charge >= 0.3 is 6.09 Å². The Balaban J connectivity index is 2.16. The zero-order valence-electron chi connectivity index (χ0n) is 9.11. The van der Waals surface area contributed by atoms with Crippen molar-refractivity contribution in [2.75, 3.05) is 7.11 Å². The first kappa shape index (κ1) is 10.5. The maximum Gasteiger partial charge on any atom is 0.407 e. The zero-order valence-corrected chi connectivity index (χ0v) is 9.11. The number of hydrogen-bond donors (Lipinski definition) is 1. The van der Waals surface area contributed by atoms with Gasteiger partial charge in [-0.25, -0.2) is 9.78 Å². The van der Waals surface area contributed by atoms with Gasteiger partial charge in [0.05, 0.1) is 7.11 Å². The number of amides is 1. The number of benzene rings is 1. The molecule has 1 aromatic carbocycles. The molecule has 5 heteroatoms. The van der Waals surface area contributed by atoms with Gasteiger partial charge in [0.15, 0.2) is 11.5 Å². The monoisotopic (exact) mass is 220 g/mol. The molecule has 84 valence electrons. The quantitative estimate of drug-likeness (QED) is 0.840. The van der Waals surface area contributed by atoms with E-state index in [0.29, 0.717) is 12.4 Å². The summed E-state index contributed by atoms with van der Waals surface area (Å²) in [5, 5.41) is 2.60. The van der Waals surface area contributed by atoms with Crippen LogP contribution in [0.2, 0.25) is 0 Å². The highest BCUT2D eigenvalue weighted by atomic mass is 16.5. The third kappa shape index (κ3) is 2.13. The van der Waals surface area contributed by atoms with Crippen LogP contribution in [0.5, 0.6) is 0 Å². The van der Waals surface area contributed by atoms with Crippen molar-refractivity contribution in [3.8, 4) is 0 Å². The van der Waals surface area contributed by atoms with Crippen LogP contribution in [-0.4, -0.2) is 18.2 Å². The van der Waals surface area contributed by atoms with Crippen LogP contribution in [0.3, 0.4) is 0 Å². The van der Waals surface area contributed by atoms with Gasteiger partial charge in [0.2, 0.25) is 0 Å². The lowest BCUT2D eigenvalue weighted by atomic mass is 10.2. The normalized spacial score (nSPS) is 10.4. The molecule has 0 saturated carbocycles. The second-order valence-corrected chi connectivity index (χ2v) is 3.38. The Morgan fingerprint density at radius 3 is 3.12 bits per heavy atom. The van der Waals surface area contributed by atoms with E-state index in [2.05, 4.69) is 15.0 Å². The van der Waals surface area contributed by atoms with Crippen molar-refractivity contribution < 1.29 is 13.9 Å². The molecule has 0 aliphatic heterocycles. The summed E-state index contributed by atoms with van der Waals surface area (Å²) >= 11 is 0. The van der Waals surface area contributed by atoms with E-state index in [1.807, 2.05) is 18.2 Å². The Labute approximate surface area is 92.4 Å². The van der Waals surface area contributed by atoms with Crippen LogP contribution in [0.4, 0.5) is 4.79 Å². The molecule has 0 aliphatic carbocycles. The Hall–Kier alpha value is -2.04. The van der Waals surface area contributed by atoms with Crippen molar-refractivity contribution in [3.05, 3.63) is 29.7 Å². The first-order valence-electron chi connectivity index (χ1n) is 4.87. The van der Waals surface area contributed by atoms with E-state index in [0.717, 1.165) is 16.7 Å². The molecule has 0 bridgehead atoms. The average Bonchev–Trinajstić information content (AvgIpc) is 2.65. The minimum absolute atomic E-state index is 0.411. The molecule has 0 unspecified atom stereocenters. The third-order valence-electron chi connectivity index (χ3n) is 2.18. The predicted octanol–water partition coefficient (Wildman–Crippen LogP) is 1.99. The van der Waals surface area contributed by atoms with Gasteiger partial charge in [-0.3, -0.25) is 0 Å². The molecular formula is C11H12N2O3. The molecule has 1 heterocycles. The maximum absolute atomic E-state index is 10.9. The number of ether oxygens (including phenoxy) is 1. The molecule has 0 fully saturated rings. The van der Waals surface area contributed by atoms with E-state index in [9.17, 15) is 4.79 Å². The number of aryl methyl sites for hydroxylation is 1. The average molecular weight is 220 g/mol. The molecule has 2 aromatic rings. The van der Waals surface area contributed by atoms with Crippen LogP contribution in [0.1, 0.15) is 11.5 Å². The van der Waals surface area contributed by atoms with Crippen molar-refractivity contribution in [2.24, 2.45) is 0 Å². The number of alkyl carbamates (subject to hydrolysis) is 1. The number of fused-ring (bicyclic) bond motifs is 1. The molecule has 5 nitrogen and oxygen atoms in total. The summed E-state index contributed by atoms with van der Waals surface area (Å²) in [5.41, 5.74) is 2.49. The summed E-state index contributed by atoms with van der Waals surface area (Å²) in [6.07, 6.45) is -0.448. The Bertz CT molecular complexity index is 519.